The number of aryl methyl sites for hydroxylation is 2. The van der Waals surface area contributed by atoms with Gasteiger partial charge in [-0.25, -0.2) is 0 Å². The molecule has 4 rings (SSSR count). The first kappa shape index (κ1) is 20.3. The lowest BCUT2D eigenvalue weighted by atomic mass is 10.1. The van der Waals surface area contributed by atoms with E-state index in [1.54, 1.807) is 6.07 Å². The number of benzene rings is 3. The van der Waals surface area contributed by atoms with Gasteiger partial charge >= 0.3 is 0 Å². The molecule has 1 amide bonds. The van der Waals surface area contributed by atoms with Gasteiger partial charge in [-0.15, -0.1) is 0 Å². The summed E-state index contributed by atoms with van der Waals surface area (Å²) in [5, 5.41) is 6.99. The summed E-state index contributed by atoms with van der Waals surface area (Å²) in [5.74, 6) is 1.09. The second-order valence-corrected chi connectivity index (χ2v) is 7.37. The lowest BCUT2D eigenvalue weighted by Gasteiger charge is -2.12. The Balaban J connectivity index is 1.49. The molecule has 0 spiro atoms. The van der Waals surface area contributed by atoms with E-state index in [-0.39, 0.29) is 12.5 Å². The third kappa shape index (κ3) is 4.64. The largest absolute Gasteiger partial charge is 0.483 e. The summed E-state index contributed by atoms with van der Waals surface area (Å²) in [6.45, 7) is 5.86. The highest BCUT2D eigenvalue weighted by Crippen LogP contribution is 2.30. The topological polar surface area (TPSA) is 77.2 Å². The normalized spacial score (nSPS) is 10.7. The van der Waals surface area contributed by atoms with Crippen LogP contribution in [0.15, 0.2) is 71.3 Å². The van der Waals surface area contributed by atoms with Crippen molar-refractivity contribution >= 4 is 11.6 Å². The Bertz CT molecular complexity index is 1230. The monoisotopic (exact) mass is 413 g/mol. The van der Waals surface area contributed by atoms with Gasteiger partial charge in [0.05, 0.1) is 5.56 Å². The quantitative estimate of drug-likeness (QED) is 0.461. The first-order chi connectivity index (χ1) is 15.0. The lowest BCUT2D eigenvalue weighted by Crippen LogP contribution is -2.21. The van der Waals surface area contributed by atoms with E-state index in [4.69, 9.17) is 9.26 Å². The molecular weight excluding hydrogens is 390 g/mol. The number of carbonyl (C=O) groups is 1. The number of ether oxygens (including phenoxy) is 1. The van der Waals surface area contributed by atoms with Gasteiger partial charge in [-0.3, -0.25) is 4.79 Å². The molecule has 0 bridgehead atoms. The maximum atomic E-state index is 12.4. The van der Waals surface area contributed by atoms with Crippen LogP contribution in [0.2, 0.25) is 0 Å². The summed E-state index contributed by atoms with van der Waals surface area (Å²) in [6.07, 6.45) is 0. The molecule has 0 fully saturated rings. The number of aromatic nitrogens is 2. The van der Waals surface area contributed by atoms with Crippen LogP contribution < -0.4 is 10.1 Å². The summed E-state index contributed by atoms with van der Waals surface area (Å²) in [4.78, 5) is 16.9. The molecule has 4 aromatic rings. The van der Waals surface area contributed by atoms with Crippen molar-refractivity contribution in [3.63, 3.8) is 0 Å². The predicted molar refractivity (Wildman–Crippen MR) is 120 cm³/mol. The third-order valence-corrected chi connectivity index (χ3v) is 5.06. The van der Waals surface area contributed by atoms with Crippen molar-refractivity contribution in [1.82, 2.24) is 10.1 Å². The van der Waals surface area contributed by atoms with Gasteiger partial charge in [0.15, 0.2) is 6.61 Å². The fourth-order valence-corrected chi connectivity index (χ4v) is 3.22. The molecule has 0 radical (unpaired) electrons. The molecule has 1 heterocycles. The molecule has 1 N–H and O–H groups in total. The fraction of sp³-hybridized carbons (Fsp3) is 0.160. The SMILES string of the molecule is Cc1cccc(-c2noc(-c3ccccc3OCC(=O)Nc3cccc(C)c3C)n2)c1. The van der Waals surface area contributed by atoms with E-state index < -0.39 is 0 Å². The van der Waals surface area contributed by atoms with Crippen LogP contribution in [0.25, 0.3) is 22.8 Å². The molecule has 0 atom stereocenters. The lowest BCUT2D eigenvalue weighted by molar-refractivity contribution is -0.118. The van der Waals surface area contributed by atoms with Crippen molar-refractivity contribution in [2.75, 3.05) is 11.9 Å². The van der Waals surface area contributed by atoms with Gasteiger partial charge in [0.2, 0.25) is 5.82 Å². The van der Waals surface area contributed by atoms with Crippen LogP contribution in [0, 0.1) is 20.8 Å². The van der Waals surface area contributed by atoms with Gasteiger partial charge in [0.25, 0.3) is 11.8 Å². The van der Waals surface area contributed by atoms with E-state index in [0.717, 1.165) is 27.9 Å². The first-order valence-electron chi connectivity index (χ1n) is 10.0. The number of hydrogen-bond donors (Lipinski definition) is 1. The van der Waals surface area contributed by atoms with Gasteiger partial charge in [-0.1, -0.05) is 53.2 Å². The number of para-hydroxylation sites is 1. The van der Waals surface area contributed by atoms with Crippen LogP contribution in [0.1, 0.15) is 16.7 Å². The van der Waals surface area contributed by atoms with E-state index in [2.05, 4.69) is 15.5 Å². The summed E-state index contributed by atoms with van der Waals surface area (Å²) in [6, 6.07) is 21.0. The average Bonchev–Trinajstić information content (AvgIpc) is 3.26. The van der Waals surface area contributed by atoms with E-state index in [1.807, 2.05) is 81.4 Å². The molecule has 1 aromatic heterocycles. The van der Waals surface area contributed by atoms with Gasteiger partial charge in [-0.2, -0.15) is 4.98 Å². The first-order valence-corrected chi connectivity index (χ1v) is 10.0. The predicted octanol–water partition coefficient (Wildman–Crippen LogP) is 5.35. The highest BCUT2D eigenvalue weighted by molar-refractivity contribution is 5.92. The van der Waals surface area contributed by atoms with E-state index in [1.165, 1.54) is 0 Å². The Morgan fingerprint density at radius 2 is 1.81 bits per heavy atom. The number of nitrogens with one attached hydrogen (secondary N) is 1. The molecule has 0 aliphatic carbocycles. The Morgan fingerprint density at radius 3 is 2.65 bits per heavy atom. The maximum Gasteiger partial charge on any atom is 0.262 e. The molecule has 6 nitrogen and oxygen atoms in total. The molecule has 31 heavy (non-hydrogen) atoms. The minimum Gasteiger partial charge on any atom is -0.483 e. The number of nitrogens with zero attached hydrogens (tertiary/aromatic N) is 2. The van der Waals surface area contributed by atoms with Crippen LogP contribution in [-0.2, 0) is 4.79 Å². The highest BCUT2D eigenvalue weighted by atomic mass is 16.5. The van der Waals surface area contributed by atoms with Crippen molar-refractivity contribution < 1.29 is 14.1 Å². The maximum absolute atomic E-state index is 12.4. The van der Waals surface area contributed by atoms with Gasteiger partial charge in [0.1, 0.15) is 5.75 Å². The highest BCUT2D eigenvalue weighted by Gasteiger charge is 2.16. The summed E-state index contributed by atoms with van der Waals surface area (Å²) in [7, 11) is 0. The van der Waals surface area contributed by atoms with E-state index in [9.17, 15) is 4.79 Å². The van der Waals surface area contributed by atoms with Crippen LogP contribution in [-0.4, -0.2) is 22.7 Å². The Hall–Kier alpha value is -3.93. The van der Waals surface area contributed by atoms with Crippen LogP contribution >= 0.6 is 0 Å². The standard InChI is InChI=1S/C25H23N3O3/c1-16-8-6-10-19(14-16)24-27-25(31-28-24)20-11-4-5-13-22(20)30-15-23(29)26-21-12-7-9-17(2)18(21)3/h4-14H,15H2,1-3H3,(H,26,29). The zero-order valence-electron chi connectivity index (χ0n) is 17.7. The average molecular weight is 413 g/mol. The Labute approximate surface area is 180 Å². The molecule has 0 saturated heterocycles. The van der Waals surface area contributed by atoms with E-state index in [0.29, 0.717) is 23.0 Å². The molecule has 6 heteroatoms. The molecule has 156 valence electrons. The van der Waals surface area contributed by atoms with Crippen LogP contribution in [0.4, 0.5) is 5.69 Å². The number of anilines is 1. The van der Waals surface area contributed by atoms with Crippen molar-refractivity contribution in [2.45, 2.75) is 20.8 Å². The van der Waals surface area contributed by atoms with Crippen molar-refractivity contribution in [2.24, 2.45) is 0 Å². The van der Waals surface area contributed by atoms with Crippen molar-refractivity contribution in [1.29, 1.82) is 0 Å². The number of amides is 1. The Kier molecular flexibility index (Phi) is 5.80. The smallest absolute Gasteiger partial charge is 0.262 e. The minimum atomic E-state index is -0.241. The number of carbonyl (C=O) groups excluding carboxylic acids is 1. The third-order valence-electron chi connectivity index (χ3n) is 5.06. The van der Waals surface area contributed by atoms with Gasteiger partial charge in [0, 0.05) is 11.3 Å². The van der Waals surface area contributed by atoms with Crippen LogP contribution in [0.3, 0.4) is 0 Å². The van der Waals surface area contributed by atoms with E-state index >= 15 is 0 Å². The summed E-state index contributed by atoms with van der Waals surface area (Å²) in [5.41, 5.74) is 5.55. The summed E-state index contributed by atoms with van der Waals surface area (Å²) < 4.78 is 11.3. The molecule has 3 aromatic carbocycles. The molecular formula is C25H23N3O3. The van der Waals surface area contributed by atoms with Crippen molar-refractivity contribution in [3.8, 4) is 28.6 Å². The Morgan fingerprint density at radius 1 is 1.00 bits per heavy atom. The summed E-state index contributed by atoms with van der Waals surface area (Å²) >= 11 is 0. The molecule has 0 saturated carbocycles. The number of rotatable bonds is 6. The van der Waals surface area contributed by atoms with Gasteiger partial charge in [-0.05, 0) is 56.2 Å². The minimum absolute atomic E-state index is 0.136. The molecule has 0 unspecified atom stereocenters. The van der Waals surface area contributed by atoms with Gasteiger partial charge < -0.3 is 14.6 Å². The van der Waals surface area contributed by atoms with Crippen LogP contribution in [0.5, 0.6) is 5.75 Å². The molecule has 0 aliphatic rings. The second kappa shape index (κ2) is 8.83. The fourth-order valence-electron chi connectivity index (χ4n) is 3.22. The number of hydrogen-bond acceptors (Lipinski definition) is 5. The van der Waals surface area contributed by atoms with Crippen molar-refractivity contribution in [3.05, 3.63) is 83.4 Å². The zero-order chi connectivity index (χ0) is 21.8. The zero-order valence-corrected chi connectivity index (χ0v) is 17.7. The second-order valence-electron chi connectivity index (χ2n) is 7.37. The molecule has 0 aliphatic heterocycles.